The quantitative estimate of drug-likeness (QED) is 0.402. The number of fused-ring (bicyclic) bond motifs is 1. The van der Waals surface area contributed by atoms with E-state index in [1.165, 1.54) is 6.92 Å². The lowest BCUT2D eigenvalue weighted by molar-refractivity contribution is -0.144. The molecule has 0 bridgehead atoms. The lowest BCUT2D eigenvalue weighted by atomic mass is 10.0. The molecule has 0 fully saturated rings. The molecule has 10 nitrogen and oxygen atoms in total. The third-order valence-corrected chi connectivity index (χ3v) is 4.78. The summed E-state index contributed by atoms with van der Waals surface area (Å²) in [5.41, 5.74) is 3.20. The minimum Gasteiger partial charge on any atom is -0.493 e. The Morgan fingerprint density at radius 3 is 2.75 bits per heavy atom. The fraction of sp³-hybridized carbons (Fsp3) is 0.227. The van der Waals surface area contributed by atoms with Gasteiger partial charge in [-0.1, -0.05) is 17.3 Å². The molecule has 0 saturated carbocycles. The fourth-order valence-electron chi connectivity index (χ4n) is 3.30. The molecule has 164 valence electrons. The van der Waals surface area contributed by atoms with Crippen molar-refractivity contribution in [3.8, 4) is 34.0 Å². The van der Waals surface area contributed by atoms with Gasteiger partial charge in [0.15, 0.2) is 17.3 Å². The maximum atomic E-state index is 12.3. The predicted octanol–water partition coefficient (Wildman–Crippen LogP) is 2.93. The first-order valence-corrected chi connectivity index (χ1v) is 9.95. The molecule has 3 N–H and O–H groups in total. The van der Waals surface area contributed by atoms with Crippen LogP contribution >= 0.6 is 0 Å². The Morgan fingerprint density at radius 1 is 1.19 bits per heavy atom. The number of aliphatic carboxylic acids is 1. The number of rotatable bonds is 7. The van der Waals surface area contributed by atoms with Gasteiger partial charge in [0.2, 0.25) is 0 Å². The number of hydrogen-bond acceptors (Lipinski definition) is 7. The number of benzene rings is 2. The zero-order chi connectivity index (χ0) is 22.8. The third kappa shape index (κ3) is 4.15. The van der Waals surface area contributed by atoms with Crippen LogP contribution in [0.1, 0.15) is 19.4 Å². The number of H-pyrrole nitrogens is 2. The largest absolute Gasteiger partial charge is 0.493 e. The Hall–Kier alpha value is -4.21. The van der Waals surface area contributed by atoms with E-state index in [1.54, 1.807) is 18.2 Å². The minimum atomic E-state index is -1.04. The molecule has 4 aromatic rings. The van der Waals surface area contributed by atoms with Crippen LogP contribution < -0.4 is 15.0 Å². The summed E-state index contributed by atoms with van der Waals surface area (Å²) in [5.74, 6) is 0.275. The third-order valence-electron chi connectivity index (χ3n) is 4.78. The zero-order valence-electron chi connectivity index (χ0n) is 17.7. The fourth-order valence-corrected chi connectivity index (χ4v) is 3.30. The minimum absolute atomic E-state index is 0.131. The SMILES string of the molecule is CCOc1cc(-c2cc(C)cc(O[C@@H](C)C(=O)O)c2)ccc1-c1nc2[nH]nnc2c(=O)[nH]1. The lowest BCUT2D eigenvalue weighted by Gasteiger charge is -2.15. The number of hydrogen-bond donors (Lipinski definition) is 3. The van der Waals surface area contributed by atoms with Gasteiger partial charge in [-0.2, -0.15) is 0 Å². The van der Waals surface area contributed by atoms with E-state index in [1.807, 2.05) is 32.0 Å². The summed E-state index contributed by atoms with van der Waals surface area (Å²) in [6, 6.07) is 11.0. The number of aryl methyl sites for hydroxylation is 1. The van der Waals surface area contributed by atoms with Gasteiger partial charge >= 0.3 is 5.97 Å². The zero-order valence-corrected chi connectivity index (χ0v) is 17.7. The Bertz CT molecular complexity index is 1360. The number of carbonyl (C=O) groups is 1. The molecular weight excluding hydrogens is 414 g/mol. The molecule has 2 aromatic heterocycles. The summed E-state index contributed by atoms with van der Waals surface area (Å²) in [5, 5.41) is 19.1. The Labute approximate surface area is 182 Å². The van der Waals surface area contributed by atoms with Crippen LogP contribution in [-0.2, 0) is 4.79 Å². The summed E-state index contributed by atoms with van der Waals surface area (Å²) in [7, 11) is 0. The van der Waals surface area contributed by atoms with Crippen LogP contribution in [0, 0.1) is 6.92 Å². The molecule has 0 aliphatic rings. The van der Waals surface area contributed by atoms with Crippen molar-refractivity contribution >= 4 is 17.1 Å². The maximum Gasteiger partial charge on any atom is 0.344 e. The highest BCUT2D eigenvalue weighted by Gasteiger charge is 2.16. The second kappa shape index (κ2) is 8.50. The van der Waals surface area contributed by atoms with E-state index in [0.29, 0.717) is 29.5 Å². The van der Waals surface area contributed by atoms with Crippen molar-refractivity contribution in [2.24, 2.45) is 0 Å². The van der Waals surface area contributed by atoms with E-state index in [-0.39, 0.29) is 11.2 Å². The van der Waals surface area contributed by atoms with E-state index in [9.17, 15) is 9.59 Å². The van der Waals surface area contributed by atoms with Gasteiger partial charge in [0.25, 0.3) is 5.56 Å². The van der Waals surface area contributed by atoms with Crippen LogP contribution in [0.25, 0.3) is 33.7 Å². The monoisotopic (exact) mass is 435 g/mol. The van der Waals surface area contributed by atoms with Crippen LogP contribution in [0.2, 0.25) is 0 Å². The first kappa shape index (κ1) is 21.0. The number of carboxylic acids is 1. The van der Waals surface area contributed by atoms with Crippen molar-refractivity contribution < 1.29 is 19.4 Å². The highest BCUT2D eigenvalue weighted by atomic mass is 16.5. The van der Waals surface area contributed by atoms with E-state index in [2.05, 4.69) is 25.4 Å². The number of aromatic amines is 2. The van der Waals surface area contributed by atoms with Gasteiger partial charge in [-0.25, -0.2) is 14.9 Å². The van der Waals surface area contributed by atoms with Gasteiger partial charge < -0.3 is 19.6 Å². The van der Waals surface area contributed by atoms with Crippen molar-refractivity contribution in [2.45, 2.75) is 26.9 Å². The van der Waals surface area contributed by atoms with Gasteiger partial charge in [0.05, 0.1) is 12.2 Å². The molecule has 0 radical (unpaired) electrons. The number of ether oxygens (including phenoxy) is 2. The summed E-state index contributed by atoms with van der Waals surface area (Å²) in [6.07, 6.45) is -0.971. The van der Waals surface area contributed by atoms with Crippen LogP contribution in [0.5, 0.6) is 11.5 Å². The van der Waals surface area contributed by atoms with Crippen molar-refractivity contribution in [1.29, 1.82) is 0 Å². The lowest BCUT2D eigenvalue weighted by Crippen LogP contribution is -2.22. The Balaban J connectivity index is 1.77. The number of aromatic nitrogens is 5. The van der Waals surface area contributed by atoms with Gasteiger partial charge in [-0.3, -0.25) is 4.79 Å². The average molecular weight is 435 g/mol. The molecule has 0 aliphatic heterocycles. The van der Waals surface area contributed by atoms with Gasteiger partial charge in [-0.05, 0) is 61.7 Å². The molecule has 32 heavy (non-hydrogen) atoms. The molecule has 0 spiro atoms. The van der Waals surface area contributed by atoms with Crippen molar-refractivity contribution in [2.75, 3.05) is 6.61 Å². The summed E-state index contributed by atoms with van der Waals surface area (Å²) < 4.78 is 11.4. The molecule has 0 amide bonds. The average Bonchev–Trinajstić information content (AvgIpc) is 3.23. The molecule has 0 aliphatic carbocycles. The standard InChI is InChI=1S/C22H21N5O5/c1-4-31-17-10-13(14-7-11(2)8-15(9-14)32-12(3)22(29)30)5-6-16(17)19-23-20-18(21(28)24-19)25-27-26-20/h5-10,12H,4H2,1-3H3,(H,29,30)(H2,23,24,25,26,27,28)/t12-/m0/s1. The maximum absolute atomic E-state index is 12.3. The molecule has 4 rings (SSSR count). The van der Waals surface area contributed by atoms with E-state index < -0.39 is 17.6 Å². The van der Waals surface area contributed by atoms with Crippen LogP contribution in [0.4, 0.5) is 0 Å². The number of carboxylic acid groups (broad SMARTS) is 1. The predicted molar refractivity (Wildman–Crippen MR) is 117 cm³/mol. The first-order valence-electron chi connectivity index (χ1n) is 9.95. The second-order valence-electron chi connectivity index (χ2n) is 7.20. The number of nitrogens with zero attached hydrogens (tertiary/aromatic N) is 3. The smallest absolute Gasteiger partial charge is 0.344 e. The summed E-state index contributed by atoms with van der Waals surface area (Å²) >= 11 is 0. The molecule has 10 heteroatoms. The Kier molecular flexibility index (Phi) is 5.59. The summed E-state index contributed by atoms with van der Waals surface area (Å²) in [4.78, 5) is 30.5. The second-order valence-corrected chi connectivity index (χ2v) is 7.20. The van der Waals surface area contributed by atoms with E-state index >= 15 is 0 Å². The topological polar surface area (TPSA) is 143 Å². The van der Waals surface area contributed by atoms with Gasteiger partial charge in [0.1, 0.15) is 17.3 Å². The van der Waals surface area contributed by atoms with Crippen molar-refractivity contribution in [3.05, 3.63) is 52.3 Å². The molecule has 0 saturated heterocycles. The molecule has 2 heterocycles. The Morgan fingerprint density at radius 2 is 2.00 bits per heavy atom. The number of nitrogens with one attached hydrogen (secondary N) is 2. The molecule has 1 atom stereocenters. The van der Waals surface area contributed by atoms with Gasteiger partial charge in [0, 0.05) is 0 Å². The normalized spacial score (nSPS) is 12.0. The molecular formula is C22H21N5O5. The highest BCUT2D eigenvalue weighted by molar-refractivity contribution is 5.77. The molecule has 2 aromatic carbocycles. The van der Waals surface area contributed by atoms with E-state index in [0.717, 1.165) is 16.7 Å². The summed E-state index contributed by atoms with van der Waals surface area (Å²) in [6.45, 7) is 5.65. The van der Waals surface area contributed by atoms with Crippen LogP contribution in [0.3, 0.4) is 0 Å². The van der Waals surface area contributed by atoms with Crippen LogP contribution in [-0.4, -0.2) is 49.2 Å². The van der Waals surface area contributed by atoms with E-state index in [4.69, 9.17) is 14.6 Å². The highest BCUT2D eigenvalue weighted by Crippen LogP contribution is 2.34. The van der Waals surface area contributed by atoms with Crippen molar-refractivity contribution in [1.82, 2.24) is 25.4 Å². The first-order chi connectivity index (χ1) is 15.4. The van der Waals surface area contributed by atoms with Gasteiger partial charge in [-0.15, -0.1) is 5.10 Å². The molecule has 0 unspecified atom stereocenters. The van der Waals surface area contributed by atoms with Crippen molar-refractivity contribution in [3.63, 3.8) is 0 Å². The van der Waals surface area contributed by atoms with Crippen LogP contribution in [0.15, 0.2) is 41.2 Å².